The molecule has 0 N–H and O–H groups in total. The van der Waals surface area contributed by atoms with E-state index in [9.17, 15) is 0 Å². The number of benzene rings is 6. The van der Waals surface area contributed by atoms with Crippen molar-refractivity contribution in [2.24, 2.45) is 0 Å². The van der Waals surface area contributed by atoms with Crippen LogP contribution in [0.4, 0.5) is 0 Å². The monoisotopic (exact) mass is 726 g/mol. The van der Waals surface area contributed by atoms with Gasteiger partial charge < -0.3 is 0 Å². The summed E-state index contributed by atoms with van der Waals surface area (Å²) in [6.07, 6.45) is 6.83. The van der Waals surface area contributed by atoms with Crippen LogP contribution in [0.3, 0.4) is 0 Å². The van der Waals surface area contributed by atoms with Crippen LogP contribution in [0.25, 0.3) is 0 Å². The van der Waals surface area contributed by atoms with Crippen molar-refractivity contribution < 1.29 is 19.5 Å². The van der Waals surface area contributed by atoms with E-state index in [-0.39, 0.29) is 19.5 Å². The van der Waals surface area contributed by atoms with Crippen LogP contribution in [0, 0.1) is 0 Å². The van der Waals surface area contributed by atoms with E-state index in [0.29, 0.717) is 0 Å². The Morgan fingerprint density at radius 1 is 0.356 bits per heavy atom. The second kappa shape index (κ2) is 19.2. The molecule has 1 aliphatic rings. The van der Waals surface area contributed by atoms with Gasteiger partial charge in [-0.2, -0.15) is 0 Å². The van der Waals surface area contributed by atoms with Crippen LogP contribution in [0.1, 0.15) is 6.42 Å². The van der Waals surface area contributed by atoms with Crippen molar-refractivity contribution in [2.75, 3.05) is 0 Å². The average Bonchev–Trinajstić information content (AvgIpc) is 3.59. The first-order valence-electron chi connectivity index (χ1n) is 14.7. The van der Waals surface area contributed by atoms with Crippen molar-refractivity contribution in [3.05, 3.63) is 205 Å². The van der Waals surface area contributed by atoms with Gasteiger partial charge in [0.1, 0.15) is 0 Å². The van der Waals surface area contributed by atoms with E-state index in [0.717, 1.165) is 11.5 Å². The van der Waals surface area contributed by atoms with E-state index in [2.05, 4.69) is 182 Å². The van der Waals surface area contributed by atoms with E-state index >= 15 is 0 Å². The summed E-state index contributed by atoms with van der Waals surface area (Å²) in [5.74, 6) is 0. The topological polar surface area (TPSA) is 0 Å². The molecule has 45 heavy (non-hydrogen) atoms. The van der Waals surface area contributed by atoms with Crippen LogP contribution in [0.2, 0.25) is 0 Å². The molecular formula is C41H35ClP2Ru. The predicted molar refractivity (Wildman–Crippen MR) is 198 cm³/mol. The van der Waals surface area contributed by atoms with Gasteiger partial charge in [0.15, 0.2) is 0 Å². The van der Waals surface area contributed by atoms with E-state index in [1.807, 2.05) is 18.2 Å². The zero-order valence-corrected chi connectivity index (χ0v) is 29.2. The first-order valence-corrected chi connectivity index (χ1v) is 17.8. The molecule has 6 aromatic carbocycles. The van der Waals surface area contributed by atoms with Crippen molar-refractivity contribution in [3.8, 4) is 0 Å². The van der Waals surface area contributed by atoms with Gasteiger partial charge in [0.25, 0.3) is 0 Å². The number of hydrogen-bond donors (Lipinski definition) is 0. The summed E-state index contributed by atoms with van der Waals surface area (Å²) in [6.45, 7) is 0. The molecule has 1 aliphatic carbocycles. The summed E-state index contributed by atoms with van der Waals surface area (Å²) in [6, 6.07) is 64.7. The predicted octanol–water partition coefficient (Wildman–Crippen LogP) is 8.96. The molecule has 0 atom stereocenters. The zero-order chi connectivity index (χ0) is 30.2. The molecule has 0 aromatic heterocycles. The van der Waals surface area contributed by atoms with Crippen molar-refractivity contribution in [2.45, 2.75) is 6.42 Å². The second-order valence-electron chi connectivity index (χ2n) is 9.93. The van der Waals surface area contributed by atoms with Gasteiger partial charge in [0, 0.05) is 30.9 Å². The van der Waals surface area contributed by atoms with Crippen LogP contribution >= 0.6 is 27.4 Å². The van der Waals surface area contributed by atoms with Crippen LogP contribution in [0.15, 0.2) is 205 Å². The van der Waals surface area contributed by atoms with Crippen molar-refractivity contribution in [1.29, 1.82) is 0 Å². The van der Waals surface area contributed by atoms with Crippen molar-refractivity contribution in [1.82, 2.24) is 0 Å². The fourth-order valence-corrected chi connectivity index (χ4v) is 9.55. The van der Waals surface area contributed by atoms with Crippen LogP contribution < -0.4 is 31.8 Å². The minimum Gasteiger partial charge on any atom is -0.0888 e. The molecule has 6 aromatic rings. The summed E-state index contributed by atoms with van der Waals surface area (Å²) < 4.78 is 0. The number of rotatable bonds is 6. The molecule has 0 unspecified atom stereocenters. The van der Waals surface area contributed by atoms with Crippen LogP contribution in [0.5, 0.6) is 0 Å². The second-order valence-corrected chi connectivity index (χ2v) is 14.9. The molecular weight excluding hydrogens is 691 g/mol. The van der Waals surface area contributed by atoms with E-state index in [4.69, 9.17) is 11.6 Å². The summed E-state index contributed by atoms with van der Waals surface area (Å²) in [7, 11) is -0.892. The fraction of sp³-hybridized carbons (Fsp3) is 0.0244. The number of hydrogen-bond acceptors (Lipinski definition) is 0. The van der Waals surface area contributed by atoms with Crippen molar-refractivity contribution in [3.63, 3.8) is 0 Å². The maximum absolute atomic E-state index is 5.51. The Hall–Kier alpha value is -3.43. The van der Waals surface area contributed by atoms with E-state index in [1.165, 1.54) is 31.8 Å². The third-order valence-corrected chi connectivity index (χ3v) is 12.0. The van der Waals surface area contributed by atoms with Crippen molar-refractivity contribution >= 4 is 59.3 Å². The summed E-state index contributed by atoms with van der Waals surface area (Å²) in [5, 5.41) is 9.33. The van der Waals surface area contributed by atoms with Gasteiger partial charge >= 0.3 is 0 Å². The number of halogens is 1. The molecule has 0 bridgehead atoms. The Morgan fingerprint density at radius 3 is 0.711 bits per heavy atom. The molecule has 0 amide bonds. The Balaban J connectivity index is 0.000000170. The molecule has 0 aliphatic heterocycles. The molecule has 224 valence electrons. The average molecular weight is 726 g/mol. The minimum absolute atomic E-state index is 0. The van der Waals surface area contributed by atoms with Gasteiger partial charge in [0.2, 0.25) is 0 Å². The van der Waals surface area contributed by atoms with Gasteiger partial charge in [-0.3, -0.25) is 0 Å². The summed E-state index contributed by atoms with van der Waals surface area (Å²) in [4.78, 5) is 0. The molecule has 0 spiro atoms. The third kappa shape index (κ3) is 10.6. The maximum atomic E-state index is 5.51. The first kappa shape index (κ1) is 34.4. The largest absolute Gasteiger partial charge is 0.0888 e. The number of allylic oxidation sites excluding steroid dienone is 4. The molecule has 0 fully saturated rings. The standard InChI is InChI=1S/2C18H15P.C5H5Cl.Ru/c2*1-4-10-16(11-5-1)19(17-12-6-2-7-13-17)18-14-8-3-9-15-18;6-5-3-1-2-4-5;/h2*1-15H;1-3H,4H2;. The van der Waals surface area contributed by atoms with E-state index < -0.39 is 15.8 Å². The Kier molecular flexibility index (Phi) is 14.7. The SMILES string of the molecule is ClC1=CC=CC1.[Ru].c1ccc(P(c2ccccc2)c2ccccc2)cc1.c1ccc(P(c2ccccc2)c2ccccc2)cc1. The van der Waals surface area contributed by atoms with Gasteiger partial charge in [-0.25, -0.2) is 0 Å². The molecule has 0 heterocycles. The van der Waals surface area contributed by atoms with Gasteiger partial charge in [-0.1, -0.05) is 206 Å². The molecule has 0 radical (unpaired) electrons. The zero-order valence-electron chi connectivity index (χ0n) is 24.9. The van der Waals surface area contributed by atoms with Gasteiger partial charge in [-0.15, -0.1) is 0 Å². The Morgan fingerprint density at radius 2 is 0.578 bits per heavy atom. The molecule has 0 saturated carbocycles. The molecule has 0 saturated heterocycles. The smallest absolute Gasteiger partial charge is 0.0218 e. The first-order chi connectivity index (χ1) is 21.8. The molecule has 7 rings (SSSR count). The summed E-state index contributed by atoms with van der Waals surface area (Å²) in [5.41, 5.74) is 0. The minimum atomic E-state index is -0.446. The molecule has 4 heteroatoms. The third-order valence-electron chi connectivity index (χ3n) is 6.81. The maximum Gasteiger partial charge on any atom is 0.0218 e. The quantitative estimate of drug-likeness (QED) is 0.119. The normalized spacial score (nSPS) is 11.4. The van der Waals surface area contributed by atoms with Gasteiger partial charge in [0.05, 0.1) is 0 Å². The van der Waals surface area contributed by atoms with Crippen LogP contribution in [-0.2, 0) is 19.5 Å². The summed E-state index contributed by atoms with van der Waals surface area (Å²) >= 11 is 5.51. The Labute approximate surface area is 288 Å². The van der Waals surface area contributed by atoms with E-state index in [1.54, 1.807) is 0 Å². The Bertz CT molecular complexity index is 1410. The van der Waals surface area contributed by atoms with Crippen LogP contribution in [-0.4, -0.2) is 0 Å². The van der Waals surface area contributed by atoms with Gasteiger partial charge in [-0.05, 0) is 53.7 Å². The fourth-order valence-electron chi connectivity index (χ4n) is 4.78. The molecule has 0 nitrogen and oxygen atoms in total.